The third-order valence-electron chi connectivity index (χ3n) is 3.38. The second kappa shape index (κ2) is 4.54. The maximum atomic E-state index is 5.90. The summed E-state index contributed by atoms with van der Waals surface area (Å²) in [6.07, 6.45) is 1.08. The molecule has 0 amide bonds. The van der Waals surface area contributed by atoms with E-state index in [4.69, 9.17) is 17.3 Å². The van der Waals surface area contributed by atoms with Crippen LogP contribution in [-0.4, -0.2) is 6.54 Å². The molecule has 1 aliphatic heterocycles. The molecule has 2 aromatic carbocycles. The first-order chi connectivity index (χ1) is 8.72. The van der Waals surface area contributed by atoms with E-state index in [0.717, 1.165) is 30.2 Å². The van der Waals surface area contributed by atoms with Gasteiger partial charge >= 0.3 is 0 Å². The standard InChI is InChI=1S/C15H15ClN2/c16-13-3-1-11(2-4-13)10-18-8-7-12-9-14(17)5-6-15(12)18/h1-6,9H,7-8,10,17H2. The van der Waals surface area contributed by atoms with Crippen molar-refractivity contribution in [3.63, 3.8) is 0 Å². The van der Waals surface area contributed by atoms with E-state index in [0.29, 0.717) is 0 Å². The minimum atomic E-state index is 0.786. The highest BCUT2D eigenvalue weighted by Gasteiger charge is 2.18. The molecule has 0 spiro atoms. The number of halogens is 1. The van der Waals surface area contributed by atoms with Gasteiger partial charge in [0.05, 0.1) is 0 Å². The maximum absolute atomic E-state index is 5.90. The minimum Gasteiger partial charge on any atom is -0.399 e. The quantitative estimate of drug-likeness (QED) is 0.836. The van der Waals surface area contributed by atoms with Gasteiger partial charge in [0, 0.05) is 29.5 Å². The fourth-order valence-corrected chi connectivity index (χ4v) is 2.59. The van der Waals surface area contributed by atoms with Gasteiger partial charge in [0.15, 0.2) is 0 Å². The SMILES string of the molecule is Nc1ccc2c(c1)CCN2Cc1ccc(Cl)cc1. The first-order valence-electron chi connectivity index (χ1n) is 6.10. The Hall–Kier alpha value is -1.67. The molecule has 0 aromatic heterocycles. The van der Waals surface area contributed by atoms with Crippen molar-refractivity contribution >= 4 is 23.0 Å². The summed E-state index contributed by atoms with van der Waals surface area (Å²) in [5.41, 5.74) is 10.6. The molecule has 18 heavy (non-hydrogen) atoms. The van der Waals surface area contributed by atoms with Crippen LogP contribution in [0.5, 0.6) is 0 Å². The molecule has 0 saturated heterocycles. The molecule has 0 saturated carbocycles. The molecule has 0 bridgehead atoms. The van der Waals surface area contributed by atoms with E-state index < -0.39 is 0 Å². The van der Waals surface area contributed by atoms with E-state index in [1.54, 1.807) is 0 Å². The molecule has 3 rings (SSSR count). The summed E-state index contributed by atoms with van der Waals surface area (Å²) in [6, 6.07) is 14.2. The molecule has 2 aromatic rings. The van der Waals surface area contributed by atoms with Gasteiger partial charge in [-0.15, -0.1) is 0 Å². The van der Waals surface area contributed by atoms with Gasteiger partial charge in [-0.25, -0.2) is 0 Å². The maximum Gasteiger partial charge on any atom is 0.0429 e. The Labute approximate surface area is 112 Å². The normalized spacial score (nSPS) is 13.7. The molecule has 2 nitrogen and oxygen atoms in total. The van der Waals surface area contributed by atoms with Gasteiger partial charge in [0.25, 0.3) is 0 Å². The Morgan fingerprint density at radius 1 is 1.11 bits per heavy atom. The highest BCUT2D eigenvalue weighted by atomic mass is 35.5. The predicted octanol–water partition coefficient (Wildman–Crippen LogP) is 3.48. The van der Waals surface area contributed by atoms with Crippen LogP contribution in [0.2, 0.25) is 5.02 Å². The van der Waals surface area contributed by atoms with Crippen LogP contribution in [0.4, 0.5) is 11.4 Å². The van der Waals surface area contributed by atoms with E-state index >= 15 is 0 Å². The Bertz CT molecular complexity index is 563. The molecule has 3 heteroatoms. The summed E-state index contributed by atoms with van der Waals surface area (Å²) in [4.78, 5) is 2.39. The zero-order valence-corrected chi connectivity index (χ0v) is 10.8. The molecule has 0 unspecified atom stereocenters. The van der Waals surface area contributed by atoms with Gasteiger partial charge in [-0.1, -0.05) is 23.7 Å². The number of nitrogen functional groups attached to an aromatic ring is 1. The lowest BCUT2D eigenvalue weighted by molar-refractivity contribution is 0.836. The zero-order chi connectivity index (χ0) is 12.5. The first kappa shape index (κ1) is 11.4. The summed E-state index contributed by atoms with van der Waals surface area (Å²) in [5, 5.41) is 0.786. The molecule has 2 N–H and O–H groups in total. The average Bonchev–Trinajstić information content (AvgIpc) is 2.74. The van der Waals surface area contributed by atoms with Crippen LogP contribution in [0.1, 0.15) is 11.1 Å². The summed E-state index contributed by atoms with van der Waals surface area (Å²) in [6.45, 7) is 1.98. The van der Waals surface area contributed by atoms with Crippen molar-refractivity contribution in [1.82, 2.24) is 0 Å². The molecule has 0 aliphatic carbocycles. The number of hydrogen-bond donors (Lipinski definition) is 1. The third-order valence-corrected chi connectivity index (χ3v) is 3.63. The fraction of sp³-hybridized carbons (Fsp3) is 0.200. The van der Waals surface area contributed by atoms with Gasteiger partial charge in [-0.05, 0) is 47.9 Å². The van der Waals surface area contributed by atoms with Crippen LogP contribution in [0.25, 0.3) is 0 Å². The second-order valence-corrected chi connectivity index (χ2v) is 5.12. The van der Waals surface area contributed by atoms with E-state index in [9.17, 15) is 0 Å². The Balaban J connectivity index is 1.82. The van der Waals surface area contributed by atoms with Crippen LogP contribution in [0.3, 0.4) is 0 Å². The monoisotopic (exact) mass is 258 g/mol. The molecule has 92 valence electrons. The Kier molecular flexibility index (Phi) is 2.88. The summed E-state index contributed by atoms with van der Waals surface area (Å²) in [5.74, 6) is 0. The van der Waals surface area contributed by atoms with Crippen LogP contribution in [0.15, 0.2) is 42.5 Å². The Morgan fingerprint density at radius 3 is 2.67 bits per heavy atom. The number of nitrogens with zero attached hydrogens (tertiary/aromatic N) is 1. The number of benzene rings is 2. The molecular weight excluding hydrogens is 244 g/mol. The lowest BCUT2D eigenvalue weighted by Crippen LogP contribution is -2.19. The van der Waals surface area contributed by atoms with Crippen molar-refractivity contribution in [2.45, 2.75) is 13.0 Å². The predicted molar refractivity (Wildman–Crippen MR) is 77.1 cm³/mol. The van der Waals surface area contributed by atoms with Gasteiger partial charge < -0.3 is 10.6 Å². The van der Waals surface area contributed by atoms with Crippen LogP contribution in [0, 0.1) is 0 Å². The van der Waals surface area contributed by atoms with Crippen molar-refractivity contribution < 1.29 is 0 Å². The van der Waals surface area contributed by atoms with Crippen molar-refractivity contribution in [2.75, 3.05) is 17.2 Å². The van der Waals surface area contributed by atoms with Gasteiger partial charge in [0.2, 0.25) is 0 Å². The lowest BCUT2D eigenvalue weighted by atomic mass is 10.1. The number of anilines is 2. The lowest BCUT2D eigenvalue weighted by Gasteiger charge is -2.19. The van der Waals surface area contributed by atoms with Gasteiger partial charge in [-0.2, -0.15) is 0 Å². The number of rotatable bonds is 2. The number of fused-ring (bicyclic) bond motifs is 1. The average molecular weight is 259 g/mol. The highest BCUT2D eigenvalue weighted by molar-refractivity contribution is 6.30. The van der Waals surface area contributed by atoms with Crippen molar-refractivity contribution in [3.8, 4) is 0 Å². The van der Waals surface area contributed by atoms with Crippen molar-refractivity contribution in [2.24, 2.45) is 0 Å². The molecule has 0 atom stereocenters. The summed E-state index contributed by atoms with van der Waals surface area (Å²) < 4.78 is 0. The molecule has 1 heterocycles. The topological polar surface area (TPSA) is 29.3 Å². The third kappa shape index (κ3) is 2.16. The molecule has 0 radical (unpaired) electrons. The largest absolute Gasteiger partial charge is 0.399 e. The summed E-state index contributed by atoms with van der Waals surface area (Å²) in [7, 11) is 0. The van der Waals surface area contributed by atoms with E-state index in [-0.39, 0.29) is 0 Å². The van der Waals surface area contributed by atoms with Crippen LogP contribution >= 0.6 is 11.6 Å². The van der Waals surface area contributed by atoms with Crippen molar-refractivity contribution in [1.29, 1.82) is 0 Å². The van der Waals surface area contributed by atoms with E-state index in [1.165, 1.54) is 16.8 Å². The zero-order valence-electron chi connectivity index (χ0n) is 10.1. The number of nitrogens with two attached hydrogens (primary N) is 1. The van der Waals surface area contributed by atoms with Crippen LogP contribution in [-0.2, 0) is 13.0 Å². The van der Waals surface area contributed by atoms with E-state index in [1.807, 2.05) is 18.2 Å². The van der Waals surface area contributed by atoms with Gasteiger partial charge in [-0.3, -0.25) is 0 Å². The fourth-order valence-electron chi connectivity index (χ4n) is 2.46. The van der Waals surface area contributed by atoms with Crippen molar-refractivity contribution in [3.05, 3.63) is 58.6 Å². The minimum absolute atomic E-state index is 0.786. The second-order valence-electron chi connectivity index (χ2n) is 4.69. The van der Waals surface area contributed by atoms with E-state index in [2.05, 4.69) is 29.2 Å². The first-order valence-corrected chi connectivity index (χ1v) is 6.48. The number of hydrogen-bond acceptors (Lipinski definition) is 2. The van der Waals surface area contributed by atoms with Crippen LogP contribution < -0.4 is 10.6 Å². The molecular formula is C15H15ClN2. The van der Waals surface area contributed by atoms with Gasteiger partial charge in [0.1, 0.15) is 0 Å². The summed E-state index contributed by atoms with van der Waals surface area (Å²) >= 11 is 5.90. The Morgan fingerprint density at radius 2 is 1.89 bits per heavy atom. The highest BCUT2D eigenvalue weighted by Crippen LogP contribution is 2.30. The molecule has 0 fully saturated rings. The molecule has 1 aliphatic rings. The smallest absolute Gasteiger partial charge is 0.0429 e.